The molecule has 174 valence electrons. The molecule has 6 heteroatoms. The molecule has 1 amide bonds. The normalized spacial score (nSPS) is 14.5. The summed E-state index contributed by atoms with van der Waals surface area (Å²) >= 11 is 0. The number of amides is 1. The van der Waals surface area contributed by atoms with Gasteiger partial charge in [-0.05, 0) is 74.3 Å². The van der Waals surface area contributed by atoms with Crippen molar-refractivity contribution in [2.45, 2.75) is 59.2 Å². The molecule has 33 heavy (non-hydrogen) atoms. The molecule has 1 aromatic carbocycles. The zero-order chi connectivity index (χ0) is 23.0. The van der Waals surface area contributed by atoms with E-state index < -0.39 is 0 Å². The molecule has 0 unspecified atom stereocenters. The summed E-state index contributed by atoms with van der Waals surface area (Å²) in [4.78, 5) is 18.7. The Labute approximate surface area is 196 Å². The molecular weight excluding hydrogens is 414 g/mol. The lowest BCUT2D eigenvalue weighted by Crippen LogP contribution is -2.39. The number of aryl methyl sites for hydroxylation is 2. The molecule has 0 saturated carbocycles. The van der Waals surface area contributed by atoms with E-state index in [0.29, 0.717) is 32.0 Å². The quantitative estimate of drug-likeness (QED) is 0.471. The maximum absolute atomic E-state index is 12.7. The molecule has 1 aliphatic rings. The van der Waals surface area contributed by atoms with E-state index in [1.54, 1.807) is 12.4 Å². The molecule has 6 nitrogen and oxygen atoms in total. The van der Waals surface area contributed by atoms with E-state index in [9.17, 15) is 4.79 Å². The van der Waals surface area contributed by atoms with Gasteiger partial charge in [0.2, 0.25) is 5.91 Å². The Hall–Kier alpha value is -2.99. The van der Waals surface area contributed by atoms with Crippen LogP contribution in [-0.4, -0.2) is 34.0 Å². The van der Waals surface area contributed by atoms with E-state index >= 15 is 0 Å². The number of ether oxygens (including phenoxy) is 1. The number of rotatable bonds is 9. The Morgan fingerprint density at radius 2 is 1.64 bits per heavy atom. The molecule has 0 spiro atoms. The minimum Gasteiger partial charge on any atom is -0.372 e. The van der Waals surface area contributed by atoms with Crippen molar-refractivity contribution in [3.05, 3.63) is 82.5 Å². The molecule has 3 heterocycles. The Morgan fingerprint density at radius 1 is 1.00 bits per heavy atom. The monoisotopic (exact) mass is 447 g/mol. The third kappa shape index (κ3) is 6.51. The number of carbonyl (C=O) groups excluding carboxylic acids is 1. The van der Waals surface area contributed by atoms with E-state index in [4.69, 9.17) is 9.26 Å². The lowest BCUT2D eigenvalue weighted by Gasteiger charge is -2.32. The van der Waals surface area contributed by atoms with Crippen LogP contribution in [0.2, 0.25) is 0 Å². The van der Waals surface area contributed by atoms with Gasteiger partial charge in [-0.25, -0.2) is 0 Å². The van der Waals surface area contributed by atoms with Crippen molar-refractivity contribution < 1.29 is 14.1 Å². The number of hydrogen-bond donors (Lipinski definition) is 0. The fourth-order valence-corrected chi connectivity index (χ4v) is 4.51. The van der Waals surface area contributed by atoms with E-state index in [-0.39, 0.29) is 5.91 Å². The maximum atomic E-state index is 12.7. The van der Waals surface area contributed by atoms with Gasteiger partial charge < -0.3 is 14.2 Å². The first-order chi connectivity index (χ1) is 16.1. The minimum atomic E-state index is 0.240. The summed E-state index contributed by atoms with van der Waals surface area (Å²) in [6, 6.07) is 12.7. The van der Waals surface area contributed by atoms with Crippen molar-refractivity contribution in [3.63, 3.8) is 0 Å². The smallest absolute Gasteiger partial charge is 0.222 e. The van der Waals surface area contributed by atoms with Crippen LogP contribution in [0, 0.1) is 19.8 Å². The lowest BCUT2D eigenvalue weighted by molar-refractivity contribution is -0.132. The molecule has 0 atom stereocenters. The maximum Gasteiger partial charge on any atom is 0.222 e. The number of pyridine rings is 1. The minimum absolute atomic E-state index is 0.240. The Balaban J connectivity index is 1.17. The molecule has 0 N–H and O–H groups in total. The van der Waals surface area contributed by atoms with E-state index in [1.807, 2.05) is 30.9 Å². The number of piperidine rings is 1. The molecular formula is C27H33N3O3. The zero-order valence-corrected chi connectivity index (χ0v) is 19.6. The van der Waals surface area contributed by atoms with Crippen molar-refractivity contribution in [1.82, 2.24) is 15.0 Å². The number of likely N-dealkylation sites (tertiary alicyclic amines) is 1. The van der Waals surface area contributed by atoms with Gasteiger partial charge in [0.05, 0.1) is 18.9 Å². The van der Waals surface area contributed by atoms with Crippen LogP contribution in [-0.2, 0) is 35.6 Å². The summed E-state index contributed by atoms with van der Waals surface area (Å²) < 4.78 is 11.0. The average molecular weight is 448 g/mol. The van der Waals surface area contributed by atoms with Crippen LogP contribution in [0.25, 0.3) is 0 Å². The number of benzene rings is 1. The van der Waals surface area contributed by atoms with Gasteiger partial charge in [0.25, 0.3) is 0 Å². The molecule has 1 aliphatic heterocycles. The summed E-state index contributed by atoms with van der Waals surface area (Å²) in [7, 11) is 0. The van der Waals surface area contributed by atoms with E-state index in [2.05, 4.69) is 34.4 Å². The second-order valence-corrected chi connectivity index (χ2v) is 9.00. The predicted octanol–water partition coefficient (Wildman–Crippen LogP) is 4.82. The van der Waals surface area contributed by atoms with Gasteiger partial charge >= 0.3 is 0 Å². The van der Waals surface area contributed by atoms with E-state index in [0.717, 1.165) is 54.9 Å². The topological polar surface area (TPSA) is 68.5 Å². The molecule has 0 radical (unpaired) electrons. The van der Waals surface area contributed by atoms with Gasteiger partial charge in [-0.15, -0.1) is 0 Å². The summed E-state index contributed by atoms with van der Waals surface area (Å²) in [5, 5.41) is 3.98. The van der Waals surface area contributed by atoms with Gasteiger partial charge in [0.15, 0.2) is 0 Å². The summed E-state index contributed by atoms with van der Waals surface area (Å²) in [6.07, 6.45) is 8.00. The molecule has 3 aromatic rings. The second-order valence-electron chi connectivity index (χ2n) is 9.00. The predicted molar refractivity (Wildman–Crippen MR) is 126 cm³/mol. The van der Waals surface area contributed by atoms with Crippen molar-refractivity contribution in [2.24, 2.45) is 5.92 Å². The molecule has 2 aromatic heterocycles. The zero-order valence-electron chi connectivity index (χ0n) is 19.6. The van der Waals surface area contributed by atoms with Gasteiger partial charge in [-0.2, -0.15) is 0 Å². The van der Waals surface area contributed by atoms with Crippen LogP contribution in [0.1, 0.15) is 53.0 Å². The number of carbonyl (C=O) groups is 1. The number of hydrogen-bond acceptors (Lipinski definition) is 5. The van der Waals surface area contributed by atoms with Crippen molar-refractivity contribution in [3.8, 4) is 0 Å². The van der Waals surface area contributed by atoms with Gasteiger partial charge in [0, 0.05) is 37.5 Å². The second kappa shape index (κ2) is 11.2. The summed E-state index contributed by atoms with van der Waals surface area (Å²) in [6.45, 7) is 6.76. The molecule has 0 aliphatic carbocycles. The van der Waals surface area contributed by atoms with Crippen molar-refractivity contribution >= 4 is 5.91 Å². The molecule has 0 bridgehead atoms. The average Bonchev–Trinajstić information content (AvgIpc) is 3.17. The van der Waals surface area contributed by atoms with Crippen LogP contribution in [0.3, 0.4) is 0 Å². The van der Waals surface area contributed by atoms with Crippen molar-refractivity contribution in [2.75, 3.05) is 13.1 Å². The lowest BCUT2D eigenvalue weighted by atomic mass is 9.89. The Morgan fingerprint density at radius 3 is 2.27 bits per heavy atom. The van der Waals surface area contributed by atoms with Crippen LogP contribution in [0.15, 0.2) is 53.3 Å². The number of aromatic nitrogens is 2. The Kier molecular flexibility index (Phi) is 7.89. The fraction of sp³-hybridized carbons (Fsp3) is 0.444. The van der Waals surface area contributed by atoms with Crippen LogP contribution >= 0.6 is 0 Å². The van der Waals surface area contributed by atoms with Gasteiger partial charge in [-0.3, -0.25) is 9.78 Å². The molecule has 1 fully saturated rings. The Bertz CT molecular complexity index is 1000. The first kappa shape index (κ1) is 23.2. The standard InChI is InChI=1S/C27H33N3O3/c1-20-26(21(2)33-29-20)7-8-27(31)30-15-11-23(12-16-30)17-22-3-5-24(6-4-22)18-32-19-25-9-13-28-14-10-25/h3-6,9-10,13-14,23H,7-8,11-12,15-19H2,1-2H3. The van der Waals surface area contributed by atoms with Crippen LogP contribution < -0.4 is 0 Å². The third-order valence-corrected chi connectivity index (χ3v) is 6.57. The highest BCUT2D eigenvalue weighted by atomic mass is 16.5. The first-order valence-corrected chi connectivity index (χ1v) is 11.8. The van der Waals surface area contributed by atoms with Crippen molar-refractivity contribution in [1.29, 1.82) is 0 Å². The SMILES string of the molecule is Cc1noc(C)c1CCC(=O)N1CCC(Cc2ccc(COCc3ccncc3)cc2)CC1. The first-order valence-electron chi connectivity index (χ1n) is 11.8. The van der Waals surface area contributed by atoms with Crippen LogP contribution in [0.4, 0.5) is 0 Å². The highest BCUT2D eigenvalue weighted by Crippen LogP contribution is 2.23. The summed E-state index contributed by atoms with van der Waals surface area (Å²) in [5.41, 5.74) is 5.65. The molecule has 4 rings (SSSR count). The van der Waals surface area contributed by atoms with Crippen LogP contribution in [0.5, 0.6) is 0 Å². The molecule has 1 saturated heterocycles. The third-order valence-electron chi connectivity index (χ3n) is 6.57. The fourth-order valence-electron chi connectivity index (χ4n) is 4.51. The summed E-state index contributed by atoms with van der Waals surface area (Å²) in [5.74, 6) is 1.69. The van der Waals surface area contributed by atoms with E-state index in [1.165, 1.54) is 11.1 Å². The largest absolute Gasteiger partial charge is 0.372 e. The van der Waals surface area contributed by atoms with Gasteiger partial charge in [-0.1, -0.05) is 29.4 Å². The number of nitrogens with zero attached hydrogens (tertiary/aromatic N) is 3. The highest BCUT2D eigenvalue weighted by Gasteiger charge is 2.23. The highest BCUT2D eigenvalue weighted by molar-refractivity contribution is 5.76. The van der Waals surface area contributed by atoms with Gasteiger partial charge in [0.1, 0.15) is 5.76 Å².